The summed E-state index contributed by atoms with van der Waals surface area (Å²) in [5.74, 6) is -0.723. The van der Waals surface area contributed by atoms with Crippen LogP contribution in [0.5, 0.6) is 0 Å². The molecular weight excluding hydrogens is 1160 g/mol. The third-order valence-electron chi connectivity index (χ3n) is 16.0. The summed E-state index contributed by atoms with van der Waals surface area (Å²) in [4.78, 5) is 72.4. The molecule has 0 aliphatic heterocycles. The number of esters is 4. The minimum absolute atomic E-state index is 0.105. The van der Waals surface area contributed by atoms with Gasteiger partial charge in [-0.15, -0.1) is 0 Å². The van der Waals surface area contributed by atoms with E-state index in [9.17, 15) is 43.2 Å². The highest BCUT2D eigenvalue weighted by atomic mass is 31.2. The molecule has 0 spiro atoms. The molecule has 522 valence electrons. The first kappa shape index (κ1) is 86.1. The molecule has 0 heterocycles. The van der Waals surface area contributed by atoms with E-state index in [-0.39, 0.29) is 25.7 Å². The number of hydrogen-bond donors (Lipinski definition) is 3. The van der Waals surface area contributed by atoms with E-state index in [0.29, 0.717) is 31.6 Å². The Morgan fingerprint density at radius 2 is 0.523 bits per heavy atom. The Labute approximate surface area is 537 Å². The first-order valence-electron chi connectivity index (χ1n) is 36.0. The van der Waals surface area contributed by atoms with Crippen molar-refractivity contribution in [2.45, 2.75) is 368 Å². The summed E-state index contributed by atoms with van der Waals surface area (Å²) < 4.78 is 68.2. The standard InChI is InChI=1S/C69H134O17P2/c1-7-9-11-13-15-17-19-20-21-22-23-24-25-26-28-34-42-48-54-69(74)85-64(57-79-66(71)51-45-39-32-30-29-31-37-43-49-61(3)4)59-83-87(75,76)81-55-63(70)56-82-88(77,78)84-60-65(58-80-67(72)52-46-40-36-35-38-44-50-62(5)6)86-68(73)53-47-41-33-27-18-16-14-12-10-8-2/h61-65,70H,7-60H2,1-6H3,(H,75,76)(H,77,78)/t63-,64-,65-/m1/s1. The molecular formula is C69H134O17P2. The predicted molar refractivity (Wildman–Crippen MR) is 354 cm³/mol. The zero-order chi connectivity index (χ0) is 65.0. The molecule has 88 heavy (non-hydrogen) atoms. The maximum absolute atomic E-state index is 13.0. The van der Waals surface area contributed by atoms with Crippen LogP contribution in [0.2, 0.25) is 0 Å². The van der Waals surface area contributed by atoms with E-state index in [0.717, 1.165) is 102 Å². The number of hydrogen-bond acceptors (Lipinski definition) is 15. The van der Waals surface area contributed by atoms with Gasteiger partial charge in [0.25, 0.3) is 0 Å². The van der Waals surface area contributed by atoms with Crippen LogP contribution in [0.4, 0.5) is 0 Å². The minimum Gasteiger partial charge on any atom is -0.462 e. The molecule has 0 aromatic carbocycles. The van der Waals surface area contributed by atoms with Gasteiger partial charge in [-0.25, -0.2) is 9.13 Å². The molecule has 0 aliphatic carbocycles. The first-order chi connectivity index (χ1) is 42.4. The number of unbranched alkanes of at least 4 members (excludes halogenated alkanes) is 38. The Morgan fingerprint density at radius 3 is 0.773 bits per heavy atom. The predicted octanol–water partition coefficient (Wildman–Crippen LogP) is 19.6. The lowest BCUT2D eigenvalue weighted by molar-refractivity contribution is -0.161. The SMILES string of the molecule is CCCCCCCCCCCCCCCCCCCCC(=O)O[C@H](COC(=O)CCCCCCCCCCC(C)C)COP(=O)(O)OC[C@@H](O)COP(=O)(O)OC[C@@H](COC(=O)CCCCCCCCC(C)C)OC(=O)CCCCCCCCCCCC. The molecule has 0 saturated carbocycles. The summed E-state index contributed by atoms with van der Waals surface area (Å²) in [6.45, 7) is 9.41. The van der Waals surface area contributed by atoms with Gasteiger partial charge in [-0.05, 0) is 37.5 Å². The molecule has 0 rings (SSSR count). The van der Waals surface area contributed by atoms with Crippen molar-refractivity contribution < 1.29 is 80.2 Å². The number of aliphatic hydroxyl groups excluding tert-OH is 1. The van der Waals surface area contributed by atoms with Gasteiger partial charge in [-0.3, -0.25) is 37.3 Å². The molecule has 0 saturated heterocycles. The van der Waals surface area contributed by atoms with Gasteiger partial charge < -0.3 is 33.8 Å². The molecule has 0 aliphatic rings. The Bertz CT molecular complexity index is 1720. The molecule has 19 heteroatoms. The van der Waals surface area contributed by atoms with E-state index in [4.69, 9.17) is 37.0 Å². The number of aliphatic hydroxyl groups is 1. The molecule has 0 radical (unpaired) electrons. The highest BCUT2D eigenvalue weighted by molar-refractivity contribution is 7.47. The fourth-order valence-corrected chi connectivity index (χ4v) is 12.0. The average Bonchev–Trinajstić information content (AvgIpc) is 3.60. The van der Waals surface area contributed by atoms with Crippen LogP contribution in [0, 0.1) is 11.8 Å². The van der Waals surface area contributed by atoms with E-state index in [1.54, 1.807) is 0 Å². The second-order valence-corrected chi connectivity index (χ2v) is 28.8. The van der Waals surface area contributed by atoms with Crippen LogP contribution in [0.1, 0.15) is 350 Å². The van der Waals surface area contributed by atoms with Crippen LogP contribution in [-0.2, 0) is 65.4 Å². The van der Waals surface area contributed by atoms with Crippen molar-refractivity contribution in [2.24, 2.45) is 11.8 Å². The molecule has 5 atom stereocenters. The molecule has 3 N–H and O–H groups in total. The highest BCUT2D eigenvalue weighted by Crippen LogP contribution is 2.45. The molecule has 0 aromatic rings. The molecule has 0 bridgehead atoms. The maximum atomic E-state index is 13.0. The van der Waals surface area contributed by atoms with Crippen LogP contribution in [0.3, 0.4) is 0 Å². The van der Waals surface area contributed by atoms with Gasteiger partial charge in [0.1, 0.15) is 19.3 Å². The Balaban J connectivity index is 5.20. The van der Waals surface area contributed by atoms with E-state index in [1.165, 1.54) is 161 Å². The van der Waals surface area contributed by atoms with Crippen molar-refractivity contribution in [1.82, 2.24) is 0 Å². The summed E-state index contributed by atoms with van der Waals surface area (Å²) in [5.41, 5.74) is 0. The summed E-state index contributed by atoms with van der Waals surface area (Å²) in [7, 11) is -9.89. The van der Waals surface area contributed by atoms with E-state index in [1.807, 2.05) is 0 Å². The second kappa shape index (κ2) is 61.3. The summed E-state index contributed by atoms with van der Waals surface area (Å²) in [6, 6.07) is 0. The molecule has 2 unspecified atom stereocenters. The molecule has 0 aromatic heterocycles. The lowest BCUT2D eigenvalue weighted by atomic mass is 10.0. The maximum Gasteiger partial charge on any atom is 0.472 e. The van der Waals surface area contributed by atoms with Gasteiger partial charge >= 0.3 is 39.5 Å². The van der Waals surface area contributed by atoms with Crippen molar-refractivity contribution in [2.75, 3.05) is 39.6 Å². The molecule has 0 fully saturated rings. The van der Waals surface area contributed by atoms with Crippen molar-refractivity contribution >= 4 is 39.5 Å². The number of carbonyl (C=O) groups is 4. The third kappa shape index (κ3) is 62.8. The zero-order valence-electron chi connectivity index (χ0n) is 57.0. The van der Waals surface area contributed by atoms with Gasteiger partial charge in [-0.2, -0.15) is 0 Å². The topological polar surface area (TPSA) is 237 Å². The number of phosphoric acid groups is 2. The largest absolute Gasteiger partial charge is 0.472 e. The van der Waals surface area contributed by atoms with E-state index < -0.39 is 97.5 Å². The first-order valence-corrected chi connectivity index (χ1v) is 39.0. The molecule has 17 nitrogen and oxygen atoms in total. The third-order valence-corrected chi connectivity index (χ3v) is 17.9. The van der Waals surface area contributed by atoms with Crippen LogP contribution in [-0.4, -0.2) is 96.7 Å². The van der Waals surface area contributed by atoms with Gasteiger partial charge in [0.2, 0.25) is 0 Å². The van der Waals surface area contributed by atoms with Crippen molar-refractivity contribution in [3.8, 4) is 0 Å². The van der Waals surface area contributed by atoms with Crippen LogP contribution >= 0.6 is 15.6 Å². The van der Waals surface area contributed by atoms with Gasteiger partial charge in [0.05, 0.1) is 26.4 Å². The zero-order valence-corrected chi connectivity index (χ0v) is 58.8. The Hall–Kier alpha value is -1.94. The highest BCUT2D eigenvalue weighted by Gasteiger charge is 2.30. The summed E-state index contributed by atoms with van der Waals surface area (Å²) in [6.07, 6.45) is 46.0. The molecule has 0 amide bonds. The van der Waals surface area contributed by atoms with Crippen LogP contribution in [0.25, 0.3) is 0 Å². The monoisotopic (exact) mass is 1300 g/mol. The van der Waals surface area contributed by atoms with Crippen molar-refractivity contribution in [1.29, 1.82) is 0 Å². The fourth-order valence-electron chi connectivity index (χ4n) is 10.4. The van der Waals surface area contributed by atoms with Gasteiger partial charge in [0.15, 0.2) is 12.2 Å². The quantitative estimate of drug-likeness (QED) is 0.0222. The van der Waals surface area contributed by atoms with Crippen LogP contribution in [0.15, 0.2) is 0 Å². The fraction of sp³-hybridized carbons (Fsp3) is 0.942. The van der Waals surface area contributed by atoms with Gasteiger partial charge in [0, 0.05) is 25.7 Å². The van der Waals surface area contributed by atoms with E-state index in [2.05, 4.69) is 41.5 Å². The Kier molecular flexibility index (Phi) is 59.9. The summed E-state index contributed by atoms with van der Waals surface area (Å²) in [5, 5.41) is 10.6. The summed E-state index contributed by atoms with van der Waals surface area (Å²) >= 11 is 0. The van der Waals surface area contributed by atoms with Crippen LogP contribution < -0.4 is 0 Å². The Morgan fingerprint density at radius 1 is 0.307 bits per heavy atom. The minimum atomic E-state index is -4.95. The van der Waals surface area contributed by atoms with Crippen molar-refractivity contribution in [3.05, 3.63) is 0 Å². The number of carbonyl (C=O) groups excluding carboxylic acids is 4. The lowest BCUT2D eigenvalue weighted by Crippen LogP contribution is -2.30. The number of rotatable bonds is 68. The van der Waals surface area contributed by atoms with Crippen molar-refractivity contribution in [3.63, 3.8) is 0 Å². The normalized spacial score (nSPS) is 14.2. The smallest absolute Gasteiger partial charge is 0.462 e. The lowest BCUT2D eigenvalue weighted by Gasteiger charge is -2.21. The van der Waals surface area contributed by atoms with Gasteiger partial charge in [-0.1, -0.05) is 298 Å². The van der Waals surface area contributed by atoms with E-state index >= 15 is 0 Å². The second-order valence-electron chi connectivity index (χ2n) is 25.9. The number of ether oxygens (including phenoxy) is 4. The average molecular weight is 1300 g/mol. The number of phosphoric ester groups is 2.